The number of ether oxygens (including phenoxy) is 2. The highest BCUT2D eigenvalue weighted by Gasteiger charge is 2.31. The Balaban J connectivity index is 2.32. The van der Waals surface area contributed by atoms with Crippen LogP contribution in [0.25, 0.3) is 0 Å². The zero-order chi connectivity index (χ0) is 25.5. The van der Waals surface area contributed by atoms with Gasteiger partial charge in [-0.2, -0.15) is 0 Å². The van der Waals surface area contributed by atoms with Gasteiger partial charge in [0.05, 0.1) is 7.11 Å². The van der Waals surface area contributed by atoms with Crippen LogP contribution in [0, 0.1) is 0 Å². The molecule has 2 rings (SSSR count). The van der Waals surface area contributed by atoms with Gasteiger partial charge >= 0.3 is 0 Å². The van der Waals surface area contributed by atoms with Gasteiger partial charge < -0.3 is 19.7 Å². The molecule has 1 N–H and O–H groups in total. The molecule has 0 spiro atoms. The fourth-order valence-corrected chi connectivity index (χ4v) is 3.77. The van der Waals surface area contributed by atoms with Crippen LogP contribution in [-0.2, 0) is 21.5 Å². The van der Waals surface area contributed by atoms with E-state index in [1.54, 1.807) is 12.0 Å². The lowest BCUT2D eigenvalue weighted by Gasteiger charge is -2.33. The molecule has 0 bridgehead atoms. The second-order valence-corrected chi connectivity index (χ2v) is 10.6. The Morgan fingerprint density at radius 3 is 2.26 bits per heavy atom. The Labute approximate surface area is 204 Å². The van der Waals surface area contributed by atoms with E-state index in [1.807, 2.05) is 76.2 Å². The molecule has 6 heteroatoms. The summed E-state index contributed by atoms with van der Waals surface area (Å²) in [6, 6.07) is 14.7. The van der Waals surface area contributed by atoms with Crippen LogP contribution < -0.4 is 14.8 Å². The normalized spacial score (nSPS) is 12.6. The van der Waals surface area contributed by atoms with E-state index in [9.17, 15) is 9.59 Å². The molecule has 2 amide bonds. The lowest BCUT2D eigenvalue weighted by molar-refractivity contribution is -0.143. The molecule has 0 radical (unpaired) electrons. The van der Waals surface area contributed by atoms with Crippen molar-refractivity contribution in [3.8, 4) is 11.5 Å². The number of hydrogen-bond donors (Lipinski definition) is 1. The maximum absolute atomic E-state index is 13.5. The Bertz CT molecular complexity index is 973. The number of methoxy groups -OCH3 is 1. The first-order valence-electron chi connectivity index (χ1n) is 11.8. The largest absolute Gasteiger partial charge is 0.497 e. The molecule has 0 aromatic heterocycles. The third kappa shape index (κ3) is 7.79. The Morgan fingerprint density at radius 2 is 1.68 bits per heavy atom. The van der Waals surface area contributed by atoms with E-state index in [0.29, 0.717) is 17.9 Å². The van der Waals surface area contributed by atoms with Crippen molar-refractivity contribution in [2.45, 2.75) is 78.4 Å². The van der Waals surface area contributed by atoms with Gasteiger partial charge in [0.1, 0.15) is 17.5 Å². The molecule has 0 saturated heterocycles. The van der Waals surface area contributed by atoms with Crippen molar-refractivity contribution in [2.75, 3.05) is 13.7 Å². The van der Waals surface area contributed by atoms with E-state index in [1.165, 1.54) is 0 Å². The number of carbonyl (C=O) groups is 2. The average molecular weight is 469 g/mol. The Morgan fingerprint density at radius 1 is 1.00 bits per heavy atom. The molecule has 0 fully saturated rings. The summed E-state index contributed by atoms with van der Waals surface area (Å²) in [6.45, 7) is 14.1. The topological polar surface area (TPSA) is 67.9 Å². The van der Waals surface area contributed by atoms with Gasteiger partial charge in [0.15, 0.2) is 6.61 Å². The highest BCUT2D eigenvalue weighted by molar-refractivity contribution is 5.88. The van der Waals surface area contributed by atoms with Crippen LogP contribution in [0.2, 0.25) is 0 Å². The van der Waals surface area contributed by atoms with Gasteiger partial charge in [0, 0.05) is 12.1 Å². The SMILES string of the molecule is CCC(C(=O)NC(C)(C)C)N(Cc1cccc(OC)c1)C(=O)COc1ccccc1C(C)(C)C. The second-order valence-electron chi connectivity index (χ2n) is 10.6. The molecule has 0 saturated carbocycles. The lowest BCUT2D eigenvalue weighted by atomic mass is 9.86. The summed E-state index contributed by atoms with van der Waals surface area (Å²) in [5.41, 5.74) is 1.37. The number of carbonyl (C=O) groups excluding carboxylic acids is 2. The third-order valence-electron chi connectivity index (χ3n) is 5.42. The van der Waals surface area contributed by atoms with Crippen molar-refractivity contribution in [1.82, 2.24) is 10.2 Å². The number of benzene rings is 2. The van der Waals surface area contributed by atoms with E-state index in [0.717, 1.165) is 11.1 Å². The summed E-state index contributed by atoms with van der Waals surface area (Å²) < 4.78 is 11.4. The zero-order valence-corrected chi connectivity index (χ0v) is 21.9. The van der Waals surface area contributed by atoms with E-state index in [-0.39, 0.29) is 30.4 Å². The molecule has 0 aliphatic rings. The average Bonchev–Trinajstić information content (AvgIpc) is 2.75. The summed E-state index contributed by atoms with van der Waals surface area (Å²) in [7, 11) is 1.61. The monoisotopic (exact) mass is 468 g/mol. The fraction of sp³-hybridized carbons (Fsp3) is 0.500. The van der Waals surface area contributed by atoms with Crippen molar-refractivity contribution in [3.63, 3.8) is 0 Å². The van der Waals surface area contributed by atoms with Gasteiger partial charge in [0.2, 0.25) is 5.91 Å². The van der Waals surface area contributed by atoms with Gasteiger partial charge in [-0.05, 0) is 61.9 Å². The van der Waals surface area contributed by atoms with Crippen molar-refractivity contribution < 1.29 is 19.1 Å². The number of nitrogens with one attached hydrogen (secondary N) is 1. The number of para-hydroxylation sites is 1. The lowest BCUT2D eigenvalue weighted by Crippen LogP contribution is -2.54. The van der Waals surface area contributed by atoms with Crippen molar-refractivity contribution in [2.24, 2.45) is 0 Å². The summed E-state index contributed by atoms with van der Waals surface area (Å²) in [4.78, 5) is 28.2. The zero-order valence-electron chi connectivity index (χ0n) is 21.9. The summed E-state index contributed by atoms with van der Waals surface area (Å²) in [6.07, 6.45) is 0.482. The Hall–Kier alpha value is -3.02. The smallest absolute Gasteiger partial charge is 0.261 e. The minimum Gasteiger partial charge on any atom is -0.497 e. The fourth-order valence-electron chi connectivity index (χ4n) is 3.77. The molecular weight excluding hydrogens is 428 g/mol. The first-order chi connectivity index (χ1) is 15.9. The molecule has 34 heavy (non-hydrogen) atoms. The maximum atomic E-state index is 13.5. The van der Waals surface area contributed by atoms with Crippen molar-refractivity contribution in [3.05, 3.63) is 59.7 Å². The minimum atomic E-state index is -0.626. The van der Waals surface area contributed by atoms with Gasteiger partial charge in [-0.25, -0.2) is 0 Å². The highest BCUT2D eigenvalue weighted by Crippen LogP contribution is 2.31. The molecule has 6 nitrogen and oxygen atoms in total. The van der Waals surface area contributed by atoms with Crippen LogP contribution in [0.3, 0.4) is 0 Å². The van der Waals surface area contributed by atoms with E-state index < -0.39 is 11.6 Å². The molecular formula is C28H40N2O4. The molecule has 1 atom stereocenters. The molecule has 186 valence electrons. The van der Waals surface area contributed by atoms with Crippen LogP contribution in [0.5, 0.6) is 11.5 Å². The van der Waals surface area contributed by atoms with E-state index >= 15 is 0 Å². The number of rotatable bonds is 9. The molecule has 2 aromatic carbocycles. The standard InChI is InChI=1S/C28H40N2O4/c1-9-23(26(32)29-28(5,6)7)30(18-20-13-12-14-21(17-20)33-8)25(31)19-34-24-16-11-10-15-22(24)27(2,3)4/h10-17,23H,9,18-19H2,1-8H3,(H,29,32). The number of hydrogen-bond acceptors (Lipinski definition) is 4. The van der Waals surface area contributed by atoms with Crippen LogP contribution >= 0.6 is 0 Å². The summed E-state index contributed by atoms with van der Waals surface area (Å²) in [5.74, 6) is 0.952. The summed E-state index contributed by atoms with van der Waals surface area (Å²) >= 11 is 0. The number of amides is 2. The molecule has 0 aliphatic carbocycles. The third-order valence-corrected chi connectivity index (χ3v) is 5.42. The van der Waals surface area contributed by atoms with Crippen molar-refractivity contribution >= 4 is 11.8 Å². The molecule has 2 aromatic rings. The van der Waals surface area contributed by atoms with Crippen molar-refractivity contribution in [1.29, 1.82) is 0 Å². The summed E-state index contributed by atoms with van der Waals surface area (Å²) in [5, 5.41) is 3.02. The first-order valence-corrected chi connectivity index (χ1v) is 11.8. The second kappa shape index (κ2) is 11.4. The van der Waals surface area contributed by atoms with Gasteiger partial charge in [0.25, 0.3) is 5.91 Å². The van der Waals surface area contributed by atoms with Crippen LogP contribution in [0.1, 0.15) is 66.0 Å². The quantitative estimate of drug-likeness (QED) is 0.556. The van der Waals surface area contributed by atoms with E-state index in [2.05, 4.69) is 26.1 Å². The molecule has 1 unspecified atom stereocenters. The van der Waals surface area contributed by atoms with Crippen LogP contribution in [0.15, 0.2) is 48.5 Å². The van der Waals surface area contributed by atoms with Crippen LogP contribution in [0.4, 0.5) is 0 Å². The predicted molar refractivity (Wildman–Crippen MR) is 136 cm³/mol. The van der Waals surface area contributed by atoms with E-state index in [4.69, 9.17) is 9.47 Å². The Kier molecular flexibility index (Phi) is 9.14. The van der Waals surface area contributed by atoms with Crippen LogP contribution in [-0.4, -0.2) is 42.0 Å². The van der Waals surface area contributed by atoms with Gasteiger partial charge in [-0.1, -0.05) is 58.0 Å². The van der Waals surface area contributed by atoms with Gasteiger partial charge in [-0.15, -0.1) is 0 Å². The highest BCUT2D eigenvalue weighted by atomic mass is 16.5. The maximum Gasteiger partial charge on any atom is 0.261 e. The predicted octanol–water partition coefficient (Wildman–Crippen LogP) is 5.09. The minimum absolute atomic E-state index is 0.127. The first kappa shape index (κ1) is 27.2. The number of nitrogens with zero attached hydrogens (tertiary/aromatic N) is 1. The molecule has 0 heterocycles. The molecule has 0 aliphatic heterocycles. The van der Waals surface area contributed by atoms with Gasteiger partial charge in [-0.3, -0.25) is 9.59 Å².